The molecule has 1 aliphatic rings. The average Bonchev–Trinajstić information content (AvgIpc) is 2.46. The smallest absolute Gasteiger partial charge is 0.232 e. The zero-order valence-corrected chi connectivity index (χ0v) is 11.7. The van der Waals surface area contributed by atoms with E-state index in [-0.39, 0.29) is 18.2 Å². The van der Waals surface area contributed by atoms with Crippen LogP contribution in [0.3, 0.4) is 0 Å². The van der Waals surface area contributed by atoms with E-state index in [1.165, 1.54) is 0 Å². The number of hydrogen-bond acceptors (Lipinski definition) is 2. The van der Waals surface area contributed by atoms with E-state index in [1.54, 1.807) is 0 Å². The van der Waals surface area contributed by atoms with Crippen LogP contribution in [0.5, 0.6) is 0 Å². The fraction of sp³-hybridized carbons (Fsp3) is 0.176. The van der Waals surface area contributed by atoms with Crippen molar-refractivity contribution < 1.29 is 9.59 Å². The number of aryl methyl sites for hydroxylation is 1. The standard InChI is InChI=1S/C17H16N2O2/c1-11-5-4-6-12(9-11)18-17(21)14-10-16(20)19-15-8-3-2-7-13(14)15/h2-9,14H,10H2,1H3,(H,18,21)(H,19,20)/t14-/m0/s1. The van der Waals surface area contributed by atoms with Crippen molar-refractivity contribution in [1.29, 1.82) is 0 Å². The predicted octanol–water partition coefficient (Wildman–Crippen LogP) is 3.06. The average molecular weight is 280 g/mol. The molecule has 0 saturated carbocycles. The van der Waals surface area contributed by atoms with Crippen molar-refractivity contribution in [1.82, 2.24) is 0 Å². The summed E-state index contributed by atoms with van der Waals surface area (Å²) in [4.78, 5) is 24.3. The van der Waals surface area contributed by atoms with Crippen molar-refractivity contribution in [2.45, 2.75) is 19.3 Å². The Bertz CT molecular complexity index is 709. The maximum absolute atomic E-state index is 12.5. The van der Waals surface area contributed by atoms with Crippen molar-refractivity contribution in [2.24, 2.45) is 0 Å². The highest BCUT2D eigenvalue weighted by Crippen LogP contribution is 2.32. The third-order valence-corrected chi connectivity index (χ3v) is 3.60. The van der Waals surface area contributed by atoms with Crippen LogP contribution in [0, 0.1) is 6.92 Å². The van der Waals surface area contributed by atoms with E-state index in [2.05, 4.69) is 10.6 Å². The molecule has 0 aliphatic carbocycles. The van der Waals surface area contributed by atoms with E-state index in [0.717, 1.165) is 22.5 Å². The minimum atomic E-state index is -0.449. The van der Waals surface area contributed by atoms with Crippen molar-refractivity contribution in [2.75, 3.05) is 10.6 Å². The molecule has 0 fully saturated rings. The van der Waals surface area contributed by atoms with E-state index >= 15 is 0 Å². The van der Waals surface area contributed by atoms with Crippen LogP contribution in [0.15, 0.2) is 48.5 Å². The summed E-state index contributed by atoms with van der Waals surface area (Å²) in [6.07, 6.45) is 0.175. The zero-order valence-electron chi connectivity index (χ0n) is 11.7. The topological polar surface area (TPSA) is 58.2 Å². The predicted molar refractivity (Wildman–Crippen MR) is 82.2 cm³/mol. The Balaban J connectivity index is 1.86. The van der Waals surface area contributed by atoms with E-state index in [1.807, 2.05) is 55.5 Å². The molecule has 4 heteroatoms. The highest BCUT2D eigenvalue weighted by atomic mass is 16.2. The number of rotatable bonds is 2. The minimum absolute atomic E-state index is 0.127. The van der Waals surface area contributed by atoms with Crippen molar-refractivity contribution in [3.63, 3.8) is 0 Å². The summed E-state index contributed by atoms with van der Waals surface area (Å²) in [5.74, 6) is -0.726. The Labute approximate surface area is 123 Å². The largest absolute Gasteiger partial charge is 0.326 e. The van der Waals surface area contributed by atoms with Gasteiger partial charge in [-0.1, -0.05) is 30.3 Å². The summed E-state index contributed by atoms with van der Waals surface area (Å²) >= 11 is 0. The van der Waals surface area contributed by atoms with E-state index in [4.69, 9.17) is 0 Å². The van der Waals surface area contributed by atoms with Gasteiger partial charge in [-0.05, 0) is 36.2 Å². The first-order valence-corrected chi connectivity index (χ1v) is 6.90. The van der Waals surface area contributed by atoms with Crippen molar-refractivity contribution in [3.8, 4) is 0 Å². The van der Waals surface area contributed by atoms with E-state index in [0.29, 0.717) is 0 Å². The molecule has 2 N–H and O–H groups in total. The van der Waals surface area contributed by atoms with Gasteiger partial charge in [0.05, 0.1) is 5.92 Å². The van der Waals surface area contributed by atoms with Gasteiger partial charge in [0, 0.05) is 17.8 Å². The fourth-order valence-corrected chi connectivity index (χ4v) is 2.60. The number of hydrogen-bond donors (Lipinski definition) is 2. The third-order valence-electron chi connectivity index (χ3n) is 3.60. The van der Waals surface area contributed by atoms with E-state index < -0.39 is 5.92 Å². The Morgan fingerprint density at radius 3 is 2.81 bits per heavy atom. The molecular formula is C17H16N2O2. The van der Waals surface area contributed by atoms with Gasteiger partial charge in [-0.15, -0.1) is 0 Å². The van der Waals surface area contributed by atoms with Gasteiger partial charge in [0.1, 0.15) is 0 Å². The van der Waals surface area contributed by atoms with Crippen molar-refractivity contribution in [3.05, 3.63) is 59.7 Å². The molecule has 2 amide bonds. The van der Waals surface area contributed by atoms with Gasteiger partial charge in [0.25, 0.3) is 0 Å². The van der Waals surface area contributed by atoms with Crippen LogP contribution >= 0.6 is 0 Å². The Hall–Kier alpha value is -2.62. The second-order valence-corrected chi connectivity index (χ2v) is 5.25. The molecule has 0 unspecified atom stereocenters. The maximum Gasteiger partial charge on any atom is 0.232 e. The quantitative estimate of drug-likeness (QED) is 0.888. The summed E-state index contributed by atoms with van der Waals surface area (Å²) in [5.41, 5.74) is 3.42. The molecule has 0 aromatic heterocycles. The molecule has 2 aromatic rings. The normalized spacial score (nSPS) is 16.8. The summed E-state index contributed by atoms with van der Waals surface area (Å²) in [6, 6.07) is 15.1. The molecule has 1 atom stereocenters. The molecule has 4 nitrogen and oxygen atoms in total. The van der Waals surface area contributed by atoms with Crippen LogP contribution in [0.4, 0.5) is 11.4 Å². The third kappa shape index (κ3) is 2.79. The first-order chi connectivity index (χ1) is 10.1. The second-order valence-electron chi connectivity index (χ2n) is 5.25. The van der Waals surface area contributed by atoms with Gasteiger partial charge in [-0.25, -0.2) is 0 Å². The highest BCUT2D eigenvalue weighted by molar-refractivity contribution is 6.05. The summed E-state index contributed by atoms with van der Waals surface area (Å²) < 4.78 is 0. The van der Waals surface area contributed by atoms with Crippen molar-refractivity contribution >= 4 is 23.2 Å². The zero-order chi connectivity index (χ0) is 14.8. The number of carbonyl (C=O) groups excluding carboxylic acids is 2. The number of para-hydroxylation sites is 1. The highest BCUT2D eigenvalue weighted by Gasteiger charge is 2.30. The van der Waals surface area contributed by atoms with Gasteiger partial charge in [0.2, 0.25) is 11.8 Å². The number of fused-ring (bicyclic) bond motifs is 1. The van der Waals surface area contributed by atoms with Gasteiger partial charge >= 0.3 is 0 Å². The molecule has 0 saturated heterocycles. The van der Waals surface area contributed by atoms with E-state index in [9.17, 15) is 9.59 Å². The van der Waals surface area contributed by atoms with Crippen LogP contribution in [-0.2, 0) is 9.59 Å². The summed E-state index contributed by atoms with van der Waals surface area (Å²) in [7, 11) is 0. The Morgan fingerprint density at radius 1 is 1.19 bits per heavy atom. The number of amides is 2. The monoisotopic (exact) mass is 280 g/mol. The summed E-state index contributed by atoms with van der Waals surface area (Å²) in [6.45, 7) is 1.97. The lowest BCUT2D eigenvalue weighted by atomic mass is 9.90. The number of benzene rings is 2. The fourth-order valence-electron chi connectivity index (χ4n) is 2.60. The number of anilines is 2. The molecule has 3 rings (SSSR count). The van der Waals surface area contributed by atoms with Crippen LogP contribution in [0.25, 0.3) is 0 Å². The lowest BCUT2D eigenvalue weighted by molar-refractivity contribution is -0.123. The molecule has 0 radical (unpaired) electrons. The van der Waals surface area contributed by atoms with Crippen LogP contribution < -0.4 is 10.6 Å². The molecular weight excluding hydrogens is 264 g/mol. The second kappa shape index (κ2) is 5.40. The number of nitrogens with one attached hydrogen (secondary N) is 2. The first kappa shape index (κ1) is 13.4. The molecule has 0 bridgehead atoms. The lowest BCUT2D eigenvalue weighted by Gasteiger charge is -2.24. The molecule has 21 heavy (non-hydrogen) atoms. The van der Waals surface area contributed by atoms with Crippen LogP contribution in [0.1, 0.15) is 23.5 Å². The Morgan fingerprint density at radius 2 is 2.00 bits per heavy atom. The SMILES string of the molecule is Cc1cccc(NC(=O)[C@H]2CC(=O)Nc3ccccc32)c1. The van der Waals surface area contributed by atoms with Gasteiger partial charge in [0.15, 0.2) is 0 Å². The molecule has 106 valence electrons. The minimum Gasteiger partial charge on any atom is -0.326 e. The molecule has 0 spiro atoms. The lowest BCUT2D eigenvalue weighted by Crippen LogP contribution is -2.30. The molecule has 1 heterocycles. The van der Waals surface area contributed by atoms with Crippen LogP contribution in [0.2, 0.25) is 0 Å². The first-order valence-electron chi connectivity index (χ1n) is 6.90. The molecule has 2 aromatic carbocycles. The van der Waals surface area contributed by atoms with Gasteiger partial charge in [-0.2, -0.15) is 0 Å². The maximum atomic E-state index is 12.5. The van der Waals surface area contributed by atoms with Gasteiger partial charge < -0.3 is 10.6 Å². The molecule has 1 aliphatic heterocycles. The van der Waals surface area contributed by atoms with Gasteiger partial charge in [-0.3, -0.25) is 9.59 Å². The van der Waals surface area contributed by atoms with Crippen LogP contribution in [-0.4, -0.2) is 11.8 Å². The summed E-state index contributed by atoms with van der Waals surface area (Å²) in [5, 5.41) is 5.69. The number of carbonyl (C=O) groups is 2. The Kier molecular flexibility index (Phi) is 3.44.